The number of aliphatic hydroxyl groups is 1. The summed E-state index contributed by atoms with van der Waals surface area (Å²) in [5, 5.41) is 12.6. The summed E-state index contributed by atoms with van der Waals surface area (Å²) in [6, 6.07) is 5.58. The molecule has 0 radical (unpaired) electrons. The maximum absolute atomic E-state index is 14.4. The van der Waals surface area contributed by atoms with Gasteiger partial charge in [-0.2, -0.15) is 39.5 Å². The quantitative estimate of drug-likeness (QED) is 0.325. The molecule has 7 nitrogen and oxygen atoms in total. The largest absolute Gasteiger partial charge is 0.496 e. The minimum atomic E-state index is -5.70. The van der Waals surface area contributed by atoms with Gasteiger partial charge < -0.3 is 25.6 Å². The summed E-state index contributed by atoms with van der Waals surface area (Å²) in [7, 11) is 0.856. The van der Waals surface area contributed by atoms with Gasteiger partial charge in [-0.25, -0.2) is 9.37 Å². The van der Waals surface area contributed by atoms with Crippen LogP contribution in [0.15, 0.2) is 48.5 Å². The van der Waals surface area contributed by atoms with Gasteiger partial charge in [0, 0.05) is 16.7 Å². The Morgan fingerprint density at radius 1 is 1.05 bits per heavy atom. The smallest absolute Gasteiger partial charge is 0.424 e. The Hall–Kier alpha value is -4.12. The number of alkyl halides is 9. The van der Waals surface area contributed by atoms with Gasteiger partial charge in [0.15, 0.2) is 11.3 Å². The Bertz CT molecular complexity index is 1540. The van der Waals surface area contributed by atoms with Crippen LogP contribution in [0.25, 0.3) is 11.3 Å². The molecule has 1 aromatic heterocycles. The number of nitrogens with two attached hydrogens (primary N) is 1. The molecule has 0 aliphatic carbocycles. The second kappa shape index (κ2) is 10.6. The Morgan fingerprint density at radius 2 is 1.67 bits per heavy atom. The minimum Gasteiger partial charge on any atom is -0.496 e. The first-order valence-corrected chi connectivity index (χ1v) is 11.9. The van der Waals surface area contributed by atoms with Gasteiger partial charge in [0.2, 0.25) is 5.60 Å². The van der Waals surface area contributed by atoms with Crippen LogP contribution in [0.5, 0.6) is 11.5 Å². The maximum Gasteiger partial charge on any atom is 0.424 e. The summed E-state index contributed by atoms with van der Waals surface area (Å²) in [5.41, 5.74) is -7.16. The van der Waals surface area contributed by atoms with E-state index < -0.39 is 94.1 Å². The van der Waals surface area contributed by atoms with Gasteiger partial charge in [-0.05, 0) is 48.5 Å². The van der Waals surface area contributed by atoms with Crippen molar-refractivity contribution in [2.24, 2.45) is 5.73 Å². The van der Waals surface area contributed by atoms with E-state index >= 15 is 0 Å². The number of carbonyl (C=O) groups is 1. The van der Waals surface area contributed by atoms with Crippen molar-refractivity contribution in [1.82, 2.24) is 10.3 Å². The molecule has 17 heteroatoms. The summed E-state index contributed by atoms with van der Waals surface area (Å²) in [5.74, 6) is -3.70. The molecule has 1 amide bonds. The molecule has 43 heavy (non-hydrogen) atoms. The summed E-state index contributed by atoms with van der Waals surface area (Å²) in [4.78, 5) is 16.4. The number of benzene rings is 2. The molecule has 2 aromatic carbocycles. The fraction of sp³-hybridized carbons (Fsp3) is 0.308. The molecule has 0 unspecified atom stereocenters. The fourth-order valence-corrected chi connectivity index (χ4v) is 4.24. The number of carbonyl (C=O) groups excluding carboxylic acids is 1. The van der Waals surface area contributed by atoms with Crippen LogP contribution < -0.4 is 20.5 Å². The lowest BCUT2D eigenvalue weighted by Crippen LogP contribution is -2.53. The first-order chi connectivity index (χ1) is 19.7. The van der Waals surface area contributed by atoms with Gasteiger partial charge in [-0.15, -0.1) is 0 Å². The van der Waals surface area contributed by atoms with Crippen molar-refractivity contribution >= 4 is 5.91 Å². The van der Waals surface area contributed by atoms with Gasteiger partial charge in [-0.1, -0.05) is 0 Å². The third-order valence-corrected chi connectivity index (χ3v) is 6.69. The monoisotopic (exact) mass is 627 g/mol. The molecule has 0 bridgehead atoms. The third-order valence-electron chi connectivity index (χ3n) is 6.69. The summed E-state index contributed by atoms with van der Waals surface area (Å²) < 4.78 is 148. The molecule has 0 spiro atoms. The molecule has 232 valence electrons. The highest BCUT2D eigenvalue weighted by molar-refractivity contribution is 5.94. The minimum absolute atomic E-state index is 0.198. The molecule has 2 heterocycles. The number of amides is 1. The number of rotatable bonds is 6. The molecule has 0 fully saturated rings. The molecule has 4 rings (SSSR count). The highest BCUT2D eigenvalue weighted by Gasteiger charge is 2.61. The van der Waals surface area contributed by atoms with E-state index in [2.05, 4.69) is 9.72 Å². The lowest BCUT2D eigenvalue weighted by Gasteiger charge is -2.32. The molecule has 1 aliphatic heterocycles. The number of halogens is 10. The van der Waals surface area contributed by atoms with Gasteiger partial charge >= 0.3 is 18.5 Å². The van der Waals surface area contributed by atoms with Gasteiger partial charge in [0.25, 0.3) is 5.91 Å². The van der Waals surface area contributed by atoms with Crippen molar-refractivity contribution in [2.75, 3.05) is 20.3 Å². The third kappa shape index (κ3) is 5.65. The van der Waals surface area contributed by atoms with Gasteiger partial charge in [0.1, 0.15) is 23.9 Å². The Morgan fingerprint density at radius 3 is 2.21 bits per heavy atom. The predicted octanol–water partition coefficient (Wildman–Crippen LogP) is 5.20. The van der Waals surface area contributed by atoms with Crippen LogP contribution in [0.4, 0.5) is 43.9 Å². The zero-order valence-electron chi connectivity index (χ0n) is 21.5. The zero-order valence-corrected chi connectivity index (χ0v) is 21.5. The van der Waals surface area contributed by atoms with Crippen LogP contribution in [0.1, 0.15) is 27.2 Å². The summed E-state index contributed by atoms with van der Waals surface area (Å²) in [6.45, 7) is -3.01. The highest BCUT2D eigenvalue weighted by Crippen LogP contribution is 2.51. The molecular weight excluding hydrogens is 608 g/mol. The standard InChI is InChI=1S/C26H19F10N3O4/c1-42-17-8-13(4-7-15(17)24(28,29)30)21(40)38-10-23(41,26(34,35)36)18-9-16-20(43-11-22(16,37)25(31,32)33)19(39-18)12-2-5-14(27)6-3-12/h2-9,41H,10-11,37H2,1H3,(H,38,40)/t22-,23-/m0/s1. The average molecular weight is 627 g/mol. The van der Waals surface area contributed by atoms with Gasteiger partial charge in [-0.3, -0.25) is 4.79 Å². The lowest BCUT2D eigenvalue weighted by molar-refractivity contribution is -0.265. The number of methoxy groups -OCH3 is 1. The Labute approximate surface area is 235 Å². The van der Waals surface area contributed by atoms with Crippen molar-refractivity contribution in [3.8, 4) is 22.8 Å². The van der Waals surface area contributed by atoms with Crippen LogP contribution in [0.3, 0.4) is 0 Å². The van der Waals surface area contributed by atoms with Crippen molar-refractivity contribution < 1.29 is 63.3 Å². The SMILES string of the molecule is COc1cc(C(=O)NC[C@](O)(c2cc3c(c(-c4ccc(F)cc4)n2)OC[C@@]3(N)C(F)(F)F)C(F)(F)F)ccc1C(F)(F)F. The van der Waals surface area contributed by atoms with Crippen molar-refractivity contribution in [1.29, 1.82) is 0 Å². The maximum atomic E-state index is 14.4. The van der Waals surface area contributed by atoms with E-state index in [1.165, 1.54) is 0 Å². The molecule has 2 atom stereocenters. The number of fused-ring (bicyclic) bond motifs is 1. The van der Waals surface area contributed by atoms with E-state index in [-0.39, 0.29) is 11.6 Å². The van der Waals surface area contributed by atoms with Crippen molar-refractivity contribution in [3.05, 3.63) is 76.7 Å². The first-order valence-electron chi connectivity index (χ1n) is 11.9. The Balaban J connectivity index is 1.81. The van der Waals surface area contributed by atoms with Crippen LogP contribution in [0.2, 0.25) is 0 Å². The van der Waals surface area contributed by atoms with E-state index in [1.54, 1.807) is 5.32 Å². The van der Waals surface area contributed by atoms with E-state index in [4.69, 9.17) is 10.5 Å². The first kappa shape index (κ1) is 31.8. The summed E-state index contributed by atoms with van der Waals surface area (Å²) >= 11 is 0. The number of hydrogen-bond donors (Lipinski definition) is 3. The average Bonchev–Trinajstić information content (AvgIpc) is 3.27. The fourth-order valence-electron chi connectivity index (χ4n) is 4.24. The number of ether oxygens (including phenoxy) is 2. The zero-order chi connectivity index (χ0) is 32.2. The van der Waals surface area contributed by atoms with Crippen LogP contribution in [0, 0.1) is 5.82 Å². The molecule has 4 N–H and O–H groups in total. The second-order valence-corrected chi connectivity index (χ2v) is 9.45. The van der Waals surface area contributed by atoms with Crippen LogP contribution in [-0.2, 0) is 17.3 Å². The van der Waals surface area contributed by atoms with E-state index in [0.717, 1.165) is 31.4 Å². The van der Waals surface area contributed by atoms with Crippen molar-refractivity contribution in [3.63, 3.8) is 0 Å². The molecule has 0 saturated carbocycles. The van der Waals surface area contributed by atoms with Crippen LogP contribution in [-0.4, -0.2) is 48.6 Å². The lowest BCUT2D eigenvalue weighted by atomic mass is 9.87. The highest BCUT2D eigenvalue weighted by atomic mass is 19.4. The number of hydrogen-bond acceptors (Lipinski definition) is 6. The predicted molar refractivity (Wildman–Crippen MR) is 127 cm³/mol. The van der Waals surface area contributed by atoms with Gasteiger partial charge in [0.05, 0.1) is 24.9 Å². The molecule has 0 saturated heterocycles. The summed E-state index contributed by atoms with van der Waals surface area (Å²) in [6.07, 6.45) is -15.9. The molecule has 3 aromatic rings. The normalized spacial score (nSPS) is 18.4. The Kier molecular flexibility index (Phi) is 7.80. The van der Waals surface area contributed by atoms with E-state index in [9.17, 15) is 53.8 Å². The van der Waals surface area contributed by atoms with E-state index in [0.29, 0.717) is 18.2 Å². The molecular formula is C26H19F10N3O4. The van der Waals surface area contributed by atoms with Crippen LogP contribution >= 0.6 is 0 Å². The second-order valence-electron chi connectivity index (χ2n) is 9.45. The number of nitrogens with one attached hydrogen (secondary N) is 1. The van der Waals surface area contributed by atoms with E-state index in [1.807, 2.05) is 0 Å². The number of nitrogens with zero attached hydrogens (tertiary/aromatic N) is 1. The number of aromatic nitrogens is 1. The number of pyridine rings is 1. The molecule has 1 aliphatic rings. The topological polar surface area (TPSA) is 107 Å². The van der Waals surface area contributed by atoms with Crippen molar-refractivity contribution in [2.45, 2.75) is 29.7 Å².